The van der Waals surface area contributed by atoms with Crippen LogP contribution >= 0.6 is 11.6 Å². The molecule has 2 N–H and O–H groups in total. The third-order valence-corrected chi connectivity index (χ3v) is 5.21. The number of anilines is 1. The highest BCUT2D eigenvalue weighted by Crippen LogP contribution is 2.35. The molecule has 1 aliphatic heterocycles. The zero-order valence-electron chi connectivity index (χ0n) is 17.4. The zero-order valence-corrected chi connectivity index (χ0v) is 18.2. The molecule has 31 heavy (non-hydrogen) atoms. The van der Waals surface area contributed by atoms with Gasteiger partial charge in [-0.25, -0.2) is 4.79 Å². The van der Waals surface area contributed by atoms with Gasteiger partial charge in [0.25, 0.3) is 5.91 Å². The summed E-state index contributed by atoms with van der Waals surface area (Å²) < 4.78 is 15.7. The number of amides is 4. The minimum Gasteiger partial charge on any atom is -0.495 e. The minimum atomic E-state index is -1.37. The fraction of sp³-hybridized carbons (Fsp3) is 0.286. The van der Waals surface area contributed by atoms with Crippen molar-refractivity contribution in [2.75, 3.05) is 33.2 Å². The van der Waals surface area contributed by atoms with Crippen molar-refractivity contribution in [3.05, 3.63) is 47.0 Å². The highest BCUT2D eigenvalue weighted by Gasteiger charge is 2.49. The third kappa shape index (κ3) is 4.22. The molecule has 1 atom stereocenters. The summed E-state index contributed by atoms with van der Waals surface area (Å²) in [6.45, 7) is 1.08. The normalized spacial score (nSPS) is 17.9. The Labute approximate surface area is 184 Å². The number of hydrogen-bond donors (Lipinski definition) is 2. The molecular formula is C21H22ClN3O6. The smallest absolute Gasteiger partial charge is 0.325 e. The van der Waals surface area contributed by atoms with E-state index in [0.29, 0.717) is 33.5 Å². The van der Waals surface area contributed by atoms with E-state index in [1.54, 1.807) is 37.3 Å². The number of ether oxygens (including phenoxy) is 3. The molecule has 1 aliphatic rings. The lowest BCUT2D eigenvalue weighted by molar-refractivity contribution is -0.133. The van der Waals surface area contributed by atoms with E-state index in [-0.39, 0.29) is 0 Å². The number of carbonyl (C=O) groups is 3. The summed E-state index contributed by atoms with van der Waals surface area (Å²) >= 11 is 5.97. The molecule has 4 amide bonds. The molecule has 10 heteroatoms. The number of imide groups is 1. The van der Waals surface area contributed by atoms with E-state index < -0.39 is 29.9 Å². The maximum Gasteiger partial charge on any atom is 0.325 e. The van der Waals surface area contributed by atoms with E-state index in [1.165, 1.54) is 27.4 Å². The van der Waals surface area contributed by atoms with Crippen molar-refractivity contribution in [2.24, 2.45) is 0 Å². The van der Waals surface area contributed by atoms with Crippen molar-refractivity contribution in [3.8, 4) is 17.2 Å². The molecule has 1 heterocycles. The van der Waals surface area contributed by atoms with Gasteiger partial charge in [-0.05, 0) is 42.8 Å². The lowest BCUT2D eigenvalue weighted by Gasteiger charge is -2.23. The average molecular weight is 448 g/mol. The van der Waals surface area contributed by atoms with Gasteiger partial charge >= 0.3 is 6.03 Å². The molecule has 1 fully saturated rings. The van der Waals surface area contributed by atoms with Gasteiger partial charge in [0.2, 0.25) is 5.91 Å². The van der Waals surface area contributed by atoms with Crippen LogP contribution in [-0.4, -0.2) is 50.6 Å². The van der Waals surface area contributed by atoms with Crippen molar-refractivity contribution in [3.63, 3.8) is 0 Å². The molecule has 164 valence electrons. The van der Waals surface area contributed by atoms with Gasteiger partial charge in [-0.3, -0.25) is 14.5 Å². The zero-order chi connectivity index (χ0) is 22.8. The molecule has 0 spiro atoms. The van der Waals surface area contributed by atoms with Gasteiger partial charge in [-0.2, -0.15) is 0 Å². The molecular weight excluding hydrogens is 426 g/mol. The van der Waals surface area contributed by atoms with Gasteiger partial charge in [0, 0.05) is 5.02 Å². The number of carbonyl (C=O) groups excluding carboxylic acids is 3. The lowest BCUT2D eigenvalue weighted by atomic mass is 9.91. The maximum atomic E-state index is 13.1. The monoisotopic (exact) mass is 447 g/mol. The Morgan fingerprint density at radius 1 is 1.03 bits per heavy atom. The maximum absolute atomic E-state index is 13.1. The standard InChI is InChI=1S/C21H22ClN3O6/c1-21(12-5-7-16(30-3)17(9-12)31-4)19(27)25(20(28)24-21)11-18(26)23-14-10-13(22)6-8-15(14)29-2/h5-10H,11H2,1-4H3,(H,23,26)(H,24,28). The van der Waals surface area contributed by atoms with Crippen molar-refractivity contribution in [1.82, 2.24) is 10.2 Å². The predicted molar refractivity (Wildman–Crippen MR) is 114 cm³/mol. The molecule has 0 saturated carbocycles. The van der Waals surface area contributed by atoms with Crippen molar-refractivity contribution < 1.29 is 28.6 Å². The van der Waals surface area contributed by atoms with Gasteiger partial charge in [0.15, 0.2) is 11.5 Å². The third-order valence-electron chi connectivity index (χ3n) is 4.97. The fourth-order valence-electron chi connectivity index (χ4n) is 3.29. The number of methoxy groups -OCH3 is 3. The van der Waals surface area contributed by atoms with Crippen LogP contribution in [0.5, 0.6) is 17.2 Å². The van der Waals surface area contributed by atoms with Crippen LogP contribution in [0.25, 0.3) is 0 Å². The summed E-state index contributed by atoms with van der Waals surface area (Å²) in [4.78, 5) is 39.0. The quantitative estimate of drug-likeness (QED) is 0.632. The Morgan fingerprint density at radius 3 is 2.32 bits per heavy atom. The summed E-state index contributed by atoms with van der Waals surface area (Å²) in [6, 6.07) is 8.94. The van der Waals surface area contributed by atoms with Crippen LogP contribution in [0.3, 0.4) is 0 Å². The van der Waals surface area contributed by atoms with Gasteiger partial charge in [-0.15, -0.1) is 0 Å². The number of nitrogens with one attached hydrogen (secondary N) is 2. The fourth-order valence-corrected chi connectivity index (χ4v) is 3.47. The highest BCUT2D eigenvalue weighted by molar-refractivity contribution is 6.31. The van der Waals surface area contributed by atoms with E-state index in [2.05, 4.69) is 10.6 Å². The Morgan fingerprint density at radius 2 is 1.68 bits per heavy atom. The van der Waals surface area contributed by atoms with Crippen LogP contribution in [0.4, 0.5) is 10.5 Å². The number of rotatable bonds is 7. The van der Waals surface area contributed by atoms with Crippen LogP contribution in [0.2, 0.25) is 5.02 Å². The van der Waals surface area contributed by atoms with Crippen molar-refractivity contribution in [2.45, 2.75) is 12.5 Å². The number of nitrogens with zero attached hydrogens (tertiary/aromatic N) is 1. The van der Waals surface area contributed by atoms with E-state index in [9.17, 15) is 14.4 Å². The van der Waals surface area contributed by atoms with Crippen molar-refractivity contribution in [1.29, 1.82) is 0 Å². The summed E-state index contributed by atoms with van der Waals surface area (Å²) in [5, 5.41) is 5.66. The first kappa shape index (κ1) is 22.2. The molecule has 0 aliphatic carbocycles. The van der Waals surface area contributed by atoms with Crippen LogP contribution in [0.1, 0.15) is 12.5 Å². The predicted octanol–water partition coefficient (Wildman–Crippen LogP) is 2.77. The topological polar surface area (TPSA) is 106 Å². The highest BCUT2D eigenvalue weighted by atomic mass is 35.5. The van der Waals surface area contributed by atoms with Gasteiger partial charge in [0.05, 0.1) is 27.0 Å². The van der Waals surface area contributed by atoms with E-state index >= 15 is 0 Å². The summed E-state index contributed by atoms with van der Waals surface area (Å²) in [6.07, 6.45) is 0. The van der Waals surface area contributed by atoms with Gasteiger partial charge in [0.1, 0.15) is 17.8 Å². The average Bonchev–Trinajstić information content (AvgIpc) is 2.97. The van der Waals surface area contributed by atoms with Crippen LogP contribution in [0.15, 0.2) is 36.4 Å². The van der Waals surface area contributed by atoms with Crippen molar-refractivity contribution >= 4 is 35.1 Å². The molecule has 0 aromatic heterocycles. The Kier molecular flexibility index (Phi) is 6.26. The number of benzene rings is 2. The number of halogens is 1. The lowest BCUT2D eigenvalue weighted by Crippen LogP contribution is -2.42. The second-order valence-corrected chi connectivity index (χ2v) is 7.35. The number of urea groups is 1. The van der Waals surface area contributed by atoms with Gasteiger partial charge in [-0.1, -0.05) is 17.7 Å². The largest absolute Gasteiger partial charge is 0.495 e. The van der Waals surface area contributed by atoms with Crippen LogP contribution in [-0.2, 0) is 15.1 Å². The van der Waals surface area contributed by atoms with E-state index in [1.807, 2.05) is 0 Å². The van der Waals surface area contributed by atoms with Crippen LogP contribution in [0, 0.1) is 0 Å². The molecule has 9 nitrogen and oxygen atoms in total. The molecule has 1 saturated heterocycles. The second kappa shape index (κ2) is 8.73. The minimum absolute atomic E-state index is 0.328. The summed E-state index contributed by atoms with van der Waals surface area (Å²) in [5.74, 6) is 0.134. The molecule has 2 aromatic rings. The first-order valence-corrected chi connectivity index (χ1v) is 9.61. The molecule has 0 bridgehead atoms. The summed E-state index contributed by atoms with van der Waals surface area (Å²) in [5.41, 5.74) is -0.553. The Bertz CT molecular complexity index is 1040. The molecule has 1 unspecified atom stereocenters. The van der Waals surface area contributed by atoms with E-state index in [0.717, 1.165) is 4.90 Å². The molecule has 2 aromatic carbocycles. The molecule has 3 rings (SSSR count). The SMILES string of the molecule is COc1ccc(Cl)cc1NC(=O)CN1C(=O)NC(C)(c2ccc(OC)c(OC)c2)C1=O. The Balaban J connectivity index is 1.80. The second-order valence-electron chi connectivity index (χ2n) is 6.91. The number of hydrogen-bond acceptors (Lipinski definition) is 6. The Hall–Kier alpha value is -3.46. The molecule has 0 radical (unpaired) electrons. The van der Waals surface area contributed by atoms with Crippen LogP contribution < -0.4 is 24.8 Å². The van der Waals surface area contributed by atoms with Gasteiger partial charge < -0.3 is 24.8 Å². The summed E-state index contributed by atoms with van der Waals surface area (Å²) in [7, 11) is 4.42. The first-order valence-electron chi connectivity index (χ1n) is 9.23. The first-order chi connectivity index (χ1) is 14.7. The van der Waals surface area contributed by atoms with E-state index in [4.69, 9.17) is 25.8 Å².